The standard InChI is InChI=1S/C24H25F3N2O2/c1-30-20-13-17(14-21(15-20)31-2)16-29-12-4-11-28-10-3-5-22(28)23(29)18-6-8-19(9-7-18)24(25,26)27/h3,5-10,13-15,23H,4,11-12,16H2,1-2H3. The van der Waals surface area contributed by atoms with E-state index in [1.165, 1.54) is 12.1 Å². The Bertz CT molecular complexity index is 1010. The van der Waals surface area contributed by atoms with Crippen LogP contribution in [0, 0.1) is 0 Å². The molecule has 164 valence electrons. The lowest BCUT2D eigenvalue weighted by molar-refractivity contribution is -0.137. The molecule has 0 bridgehead atoms. The summed E-state index contributed by atoms with van der Waals surface area (Å²) in [4.78, 5) is 2.30. The number of alkyl halides is 3. The summed E-state index contributed by atoms with van der Waals surface area (Å²) in [6, 6.07) is 15.2. The fraction of sp³-hybridized carbons (Fsp3) is 0.333. The minimum Gasteiger partial charge on any atom is -0.497 e. The third kappa shape index (κ3) is 4.56. The highest BCUT2D eigenvalue weighted by Crippen LogP contribution is 2.36. The third-order valence-electron chi connectivity index (χ3n) is 5.70. The number of hydrogen-bond acceptors (Lipinski definition) is 3. The Morgan fingerprint density at radius 2 is 1.61 bits per heavy atom. The SMILES string of the molecule is COc1cc(CN2CCCn3cccc3C2c2ccc(C(F)(F)F)cc2)cc(OC)c1. The molecule has 1 atom stereocenters. The number of hydrogen-bond donors (Lipinski definition) is 0. The van der Waals surface area contributed by atoms with E-state index in [0.717, 1.165) is 36.3 Å². The van der Waals surface area contributed by atoms with Gasteiger partial charge in [-0.15, -0.1) is 0 Å². The van der Waals surface area contributed by atoms with Crippen molar-refractivity contribution in [2.75, 3.05) is 20.8 Å². The quantitative estimate of drug-likeness (QED) is 0.533. The van der Waals surface area contributed by atoms with Crippen LogP contribution >= 0.6 is 0 Å². The van der Waals surface area contributed by atoms with Crippen LogP contribution in [0.5, 0.6) is 11.5 Å². The van der Waals surface area contributed by atoms with Crippen molar-refractivity contribution in [3.8, 4) is 11.5 Å². The number of methoxy groups -OCH3 is 2. The molecule has 0 N–H and O–H groups in total. The summed E-state index contributed by atoms with van der Waals surface area (Å²) in [7, 11) is 3.23. The highest BCUT2D eigenvalue weighted by molar-refractivity contribution is 5.39. The van der Waals surface area contributed by atoms with Gasteiger partial charge in [0.15, 0.2) is 0 Å². The second kappa shape index (κ2) is 8.67. The first kappa shape index (κ1) is 21.3. The highest BCUT2D eigenvalue weighted by Gasteiger charge is 2.32. The van der Waals surface area contributed by atoms with Crippen LogP contribution in [-0.2, 0) is 19.3 Å². The molecule has 0 spiro atoms. The van der Waals surface area contributed by atoms with Gasteiger partial charge in [-0.25, -0.2) is 0 Å². The predicted molar refractivity (Wildman–Crippen MR) is 112 cm³/mol. The van der Waals surface area contributed by atoms with Gasteiger partial charge in [-0.2, -0.15) is 13.2 Å². The maximum Gasteiger partial charge on any atom is 0.416 e. The van der Waals surface area contributed by atoms with Crippen LogP contribution in [0.4, 0.5) is 13.2 Å². The number of rotatable bonds is 5. The average molecular weight is 430 g/mol. The fourth-order valence-electron chi connectivity index (χ4n) is 4.24. The van der Waals surface area contributed by atoms with Crippen molar-refractivity contribution >= 4 is 0 Å². The molecule has 2 aromatic carbocycles. The van der Waals surface area contributed by atoms with Crippen molar-refractivity contribution in [2.45, 2.75) is 31.7 Å². The molecular formula is C24H25F3N2O2. The maximum absolute atomic E-state index is 13.1. The van der Waals surface area contributed by atoms with Crippen molar-refractivity contribution in [1.29, 1.82) is 0 Å². The van der Waals surface area contributed by atoms with E-state index in [2.05, 4.69) is 9.47 Å². The van der Waals surface area contributed by atoms with Crippen molar-refractivity contribution in [2.24, 2.45) is 0 Å². The average Bonchev–Trinajstić information content (AvgIpc) is 3.14. The lowest BCUT2D eigenvalue weighted by atomic mass is 9.99. The summed E-state index contributed by atoms with van der Waals surface area (Å²) >= 11 is 0. The molecule has 1 aliphatic heterocycles. The van der Waals surface area contributed by atoms with Gasteiger partial charge in [0.1, 0.15) is 11.5 Å². The Hall–Kier alpha value is -2.93. The van der Waals surface area contributed by atoms with Gasteiger partial charge in [0.2, 0.25) is 0 Å². The first-order valence-electron chi connectivity index (χ1n) is 10.2. The van der Waals surface area contributed by atoms with Crippen molar-refractivity contribution in [3.05, 3.63) is 83.2 Å². The highest BCUT2D eigenvalue weighted by atomic mass is 19.4. The van der Waals surface area contributed by atoms with Gasteiger partial charge < -0.3 is 14.0 Å². The molecule has 0 aliphatic carbocycles. The summed E-state index contributed by atoms with van der Waals surface area (Å²) in [5.41, 5.74) is 2.30. The van der Waals surface area contributed by atoms with Gasteiger partial charge in [0.25, 0.3) is 0 Å². The zero-order valence-electron chi connectivity index (χ0n) is 17.5. The minimum absolute atomic E-state index is 0.156. The van der Waals surface area contributed by atoms with Crippen LogP contribution < -0.4 is 9.47 Å². The molecule has 2 heterocycles. The minimum atomic E-state index is -4.35. The van der Waals surface area contributed by atoms with Gasteiger partial charge >= 0.3 is 6.18 Å². The Morgan fingerprint density at radius 1 is 0.935 bits per heavy atom. The van der Waals surface area contributed by atoms with E-state index in [9.17, 15) is 13.2 Å². The van der Waals surface area contributed by atoms with Crippen LogP contribution in [0.3, 0.4) is 0 Å². The third-order valence-corrected chi connectivity index (χ3v) is 5.70. The number of halogens is 3. The molecule has 0 saturated heterocycles. The second-order valence-corrected chi connectivity index (χ2v) is 7.69. The molecule has 1 aromatic heterocycles. The largest absolute Gasteiger partial charge is 0.497 e. The Labute approximate surface area is 179 Å². The molecule has 1 aliphatic rings. The summed E-state index contributed by atoms with van der Waals surface area (Å²) in [5, 5.41) is 0. The molecule has 4 rings (SSSR count). The maximum atomic E-state index is 13.1. The fourth-order valence-corrected chi connectivity index (χ4v) is 4.24. The molecule has 0 saturated carbocycles. The Morgan fingerprint density at radius 3 is 2.23 bits per heavy atom. The first-order chi connectivity index (χ1) is 14.9. The van der Waals surface area contributed by atoms with Gasteiger partial charge in [-0.3, -0.25) is 4.90 Å². The van der Waals surface area contributed by atoms with E-state index < -0.39 is 11.7 Å². The summed E-state index contributed by atoms with van der Waals surface area (Å²) in [5.74, 6) is 1.41. The van der Waals surface area contributed by atoms with Crippen LogP contribution in [0.1, 0.15) is 34.8 Å². The van der Waals surface area contributed by atoms with E-state index in [4.69, 9.17) is 9.47 Å². The van der Waals surface area contributed by atoms with E-state index in [0.29, 0.717) is 18.0 Å². The topological polar surface area (TPSA) is 26.6 Å². The molecule has 3 aromatic rings. The van der Waals surface area contributed by atoms with E-state index in [-0.39, 0.29) is 6.04 Å². The van der Waals surface area contributed by atoms with Gasteiger partial charge in [0, 0.05) is 37.6 Å². The molecule has 4 nitrogen and oxygen atoms in total. The lowest BCUT2D eigenvalue weighted by Crippen LogP contribution is -2.29. The number of nitrogens with zero attached hydrogens (tertiary/aromatic N) is 2. The van der Waals surface area contributed by atoms with Crippen LogP contribution in [-0.4, -0.2) is 30.2 Å². The van der Waals surface area contributed by atoms with E-state index >= 15 is 0 Å². The predicted octanol–water partition coefficient (Wildman–Crippen LogP) is 5.52. The molecule has 0 amide bonds. The molecule has 31 heavy (non-hydrogen) atoms. The summed E-state index contributed by atoms with van der Waals surface area (Å²) < 4.78 is 52.2. The smallest absolute Gasteiger partial charge is 0.416 e. The molecule has 1 unspecified atom stereocenters. The number of ether oxygens (including phenoxy) is 2. The van der Waals surface area contributed by atoms with Crippen LogP contribution in [0.15, 0.2) is 60.8 Å². The number of fused-ring (bicyclic) bond motifs is 1. The van der Waals surface area contributed by atoms with Gasteiger partial charge in [0.05, 0.1) is 25.8 Å². The molecule has 7 heteroatoms. The number of aryl methyl sites for hydroxylation is 1. The van der Waals surface area contributed by atoms with Gasteiger partial charge in [-0.1, -0.05) is 12.1 Å². The molecule has 0 radical (unpaired) electrons. The molecule has 0 fully saturated rings. The summed E-state index contributed by atoms with van der Waals surface area (Å²) in [6.45, 7) is 2.30. The Balaban J connectivity index is 1.72. The zero-order chi connectivity index (χ0) is 22.0. The first-order valence-corrected chi connectivity index (χ1v) is 10.2. The zero-order valence-corrected chi connectivity index (χ0v) is 17.5. The molecular weight excluding hydrogens is 405 g/mol. The normalized spacial score (nSPS) is 17.1. The van der Waals surface area contributed by atoms with Gasteiger partial charge in [-0.05, 0) is 53.9 Å². The Kier molecular flexibility index (Phi) is 5.96. The van der Waals surface area contributed by atoms with E-state index in [1.807, 2.05) is 36.5 Å². The van der Waals surface area contributed by atoms with Crippen molar-refractivity contribution in [3.63, 3.8) is 0 Å². The van der Waals surface area contributed by atoms with Crippen molar-refractivity contribution < 1.29 is 22.6 Å². The van der Waals surface area contributed by atoms with E-state index in [1.54, 1.807) is 26.4 Å². The second-order valence-electron chi connectivity index (χ2n) is 7.69. The van der Waals surface area contributed by atoms with Crippen molar-refractivity contribution in [1.82, 2.24) is 9.47 Å². The van der Waals surface area contributed by atoms with Crippen LogP contribution in [0.25, 0.3) is 0 Å². The van der Waals surface area contributed by atoms with Crippen LogP contribution in [0.2, 0.25) is 0 Å². The number of benzene rings is 2. The summed E-state index contributed by atoms with van der Waals surface area (Å²) in [6.07, 6.45) is -1.37. The lowest BCUT2D eigenvalue weighted by Gasteiger charge is -2.31. The monoisotopic (exact) mass is 430 g/mol. The number of aromatic nitrogens is 1.